The molecule has 3 N–H and O–H groups in total. The zero-order valence-corrected chi connectivity index (χ0v) is 68.0. The molecular formula is C82H160O17P2. The van der Waals surface area contributed by atoms with E-state index in [2.05, 4.69) is 41.5 Å². The number of aliphatic hydroxyl groups is 1. The third kappa shape index (κ3) is 76.1. The zero-order chi connectivity index (χ0) is 74.2. The maximum absolute atomic E-state index is 13.1. The van der Waals surface area contributed by atoms with Crippen molar-refractivity contribution in [2.75, 3.05) is 39.6 Å². The monoisotopic (exact) mass is 1480 g/mol. The zero-order valence-electron chi connectivity index (χ0n) is 66.2. The molecule has 0 aliphatic heterocycles. The Hall–Kier alpha value is -1.94. The minimum absolute atomic E-state index is 0.101. The summed E-state index contributed by atoms with van der Waals surface area (Å²) in [5, 5.41) is 10.6. The van der Waals surface area contributed by atoms with Crippen molar-refractivity contribution in [3.63, 3.8) is 0 Å². The van der Waals surface area contributed by atoms with E-state index in [1.54, 1.807) is 0 Å². The lowest BCUT2D eigenvalue weighted by atomic mass is 10.0. The number of rotatable bonds is 81. The maximum Gasteiger partial charge on any atom is 0.472 e. The SMILES string of the molecule is CCCCCCCCCCCCCCCCCCCCCCCCC(=O)O[C@H](COC(=O)CCCCCCCCCCCCCCCCCCCCCCC)COP(=O)(O)OC[C@@H](O)COP(=O)(O)OC[C@@H](COC(=O)CCCCCCCCC(C)C)OC(=O)CCCCCCCCC(C)C. The summed E-state index contributed by atoms with van der Waals surface area (Å²) in [4.78, 5) is 72.9. The molecule has 0 aromatic heterocycles. The molecule has 0 aromatic carbocycles. The quantitative estimate of drug-likeness (QED) is 0.0222. The number of carbonyl (C=O) groups excluding carboxylic acids is 4. The van der Waals surface area contributed by atoms with Crippen LogP contribution in [-0.2, 0) is 65.4 Å². The lowest BCUT2D eigenvalue weighted by Gasteiger charge is -2.21. The van der Waals surface area contributed by atoms with Gasteiger partial charge in [0.2, 0.25) is 0 Å². The Morgan fingerprint density at radius 2 is 0.455 bits per heavy atom. The van der Waals surface area contributed by atoms with E-state index in [0.29, 0.717) is 37.5 Å². The molecule has 600 valence electrons. The van der Waals surface area contributed by atoms with Gasteiger partial charge in [0.05, 0.1) is 26.4 Å². The van der Waals surface area contributed by atoms with Crippen LogP contribution in [0.15, 0.2) is 0 Å². The van der Waals surface area contributed by atoms with E-state index in [1.807, 2.05) is 0 Å². The van der Waals surface area contributed by atoms with Gasteiger partial charge in [0.1, 0.15) is 19.3 Å². The van der Waals surface area contributed by atoms with Crippen LogP contribution in [0.25, 0.3) is 0 Å². The second-order valence-electron chi connectivity index (χ2n) is 30.5. The molecule has 0 fully saturated rings. The number of carbonyl (C=O) groups is 4. The second kappa shape index (κ2) is 73.6. The topological polar surface area (TPSA) is 237 Å². The molecule has 0 aromatic rings. The smallest absolute Gasteiger partial charge is 0.462 e. The fourth-order valence-corrected chi connectivity index (χ4v) is 14.3. The highest BCUT2D eigenvalue weighted by atomic mass is 31.2. The van der Waals surface area contributed by atoms with E-state index in [-0.39, 0.29) is 25.7 Å². The summed E-state index contributed by atoms with van der Waals surface area (Å²) in [5.74, 6) is -0.770. The number of phosphoric ester groups is 2. The van der Waals surface area contributed by atoms with Crippen molar-refractivity contribution < 1.29 is 80.2 Å². The van der Waals surface area contributed by atoms with Crippen LogP contribution in [0.5, 0.6) is 0 Å². The highest BCUT2D eigenvalue weighted by Crippen LogP contribution is 2.45. The average Bonchev–Trinajstić information content (AvgIpc) is 1.01. The van der Waals surface area contributed by atoms with Crippen LogP contribution in [0, 0.1) is 11.8 Å². The Morgan fingerprint density at radius 3 is 0.673 bits per heavy atom. The first-order chi connectivity index (χ1) is 48.9. The van der Waals surface area contributed by atoms with Gasteiger partial charge < -0.3 is 33.8 Å². The molecule has 5 atom stereocenters. The highest BCUT2D eigenvalue weighted by Gasteiger charge is 2.30. The van der Waals surface area contributed by atoms with Crippen LogP contribution in [0.3, 0.4) is 0 Å². The van der Waals surface area contributed by atoms with Crippen LogP contribution in [0.4, 0.5) is 0 Å². The molecule has 0 spiro atoms. The normalized spacial score (nSPS) is 13.9. The fraction of sp³-hybridized carbons (Fsp3) is 0.951. The number of phosphoric acid groups is 2. The fourth-order valence-electron chi connectivity index (χ4n) is 12.7. The summed E-state index contributed by atoms with van der Waals surface area (Å²) in [5.41, 5.74) is 0. The highest BCUT2D eigenvalue weighted by molar-refractivity contribution is 7.47. The minimum atomic E-state index is -4.96. The summed E-state index contributed by atoms with van der Waals surface area (Å²) in [6.45, 7) is 9.44. The number of hydrogen-bond acceptors (Lipinski definition) is 15. The van der Waals surface area contributed by atoms with Gasteiger partial charge in [-0.1, -0.05) is 382 Å². The largest absolute Gasteiger partial charge is 0.472 e. The molecule has 0 saturated carbocycles. The molecule has 0 bridgehead atoms. The Bertz CT molecular complexity index is 1940. The Kier molecular flexibility index (Phi) is 72.2. The minimum Gasteiger partial charge on any atom is -0.462 e. The molecule has 17 nitrogen and oxygen atoms in total. The molecule has 0 radical (unpaired) electrons. The van der Waals surface area contributed by atoms with Gasteiger partial charge >= 0.3 is 39.5 Å². The lowest BCUT2D eigenvalue weighted by Crippen LogP contribution is -2.30. The van der Waals surface area contributed by atoms with Crippen molar-refractivity contribution in [3.8, 4) is 0 Å². The van der Waals surface area contributed by atoms with Gasteiger partial charge in [-0.05, 0) is 37.5 Å². The first kappa shape index (κ1) is 99.1. The second-order valence-corrected chi connectivity index (χ2v) is 33.4. The lowest BCUT2D eigenvalue weighted by molar-refractivity contribution is -0.161. The van der Waals surface area contributed by atoms with E-state index >= 15 is 0 Å². The third-order valence-corrected chi connectivity index (χ3v) is 21.1. The van der Waals surface area contributed by atoms with Crippen LogP contribution >= 0.6 is 15.6 Å². The summed E-state index contributed by atoms with van der Waals surface area (Å²) in [6.07, 6.45) is 64.6. The van der Waals surface area contributed by atoms with Gasteiger partial charge in [-0.2, -0.15) is 0 Å². The van der Waals surface area contributed by atoms with Crippen molar-refractivity contribution >= 4 is 39.5 Å². The van der Waals surface area contributed by atoms with E-state index in [9.17, 15) is 43.2 Å². The van der Waals surface area contributed by atoms with Crippen LogP contribution in [0.2, 0.25) is 0 Å². The van der Waals surface area contributed by atoms with E-state index < -0.39 is 97.5 Å². The summed E-state index contributed by atoms with van der Waals surface area (Å²) >= 11 is 0. The first-order valence-corrected chi connectivity index (χ1v) is 45.5. The molecule has 0 heterocycles. The van der Waals surface area contributed by atoms with Gasteiger partial charge in [-0.15, -0.1) is 0 Å². The molecule has 19 heteroatoms. The van der Waals surface area contributed by atoms with Gasteiger partial charge in [0.25, 0.3) is 0 Å². The molecular weight excluding hydrogens is 1320 g/mol. The van der Waals surface area contributed by atoms with Crippen LogP contribution in [0.1, 0.15) is 433 Å². The van der Waals surface area contributed by atoms with Gasteiger partial charge in [0, 0.05) is 25.7 Å². The number of ether oxygens (including phenoxy) is 4. The molecule has 0 aliphatic carbocycles. The molecule has 0 rings (SSSR count). The third-order valence-electron chi connectivity index (χ3n) is 19.2. The van der Waals surface area contributed by atoms with Crippen molar-refractivity contribution in [1.82, 2.24) is 0 Å². The van der Waals surface area contributed by atoms with E-state index in [4.69, 9.17) is 37.0 Å². The number of esters is 4. The molecule has 101 heavy (non-hydrogen) atoms. The average molecular weight is 1480 g/mol. The summed E-state index contributed by atoms with van der Waals surface area (Å²) in [6, 6.07) is 0. The van der Waals surface area contributed by atoms with Crippen molar-refractivity contribution in [2.45, 2.75) is 452 Å². The van der Waals surface area contributed by atoms with E-state index in [0.717, 1.165) is 96.3 Å². The number of hydrogen-bond donors (Lipinski definition) is 3. The predicted octanol–water partition coefficient (Wildman–Crippen LogP) is 24.7. The molecule has 0 amide bonds. The Balaban J connectivity index is 5.14. The van der Waals surface area contributed by atoms with Crippen molar-refractivity contribution in [2.24, 2.45) is 11.8 Å². The van der Waals surface area contributed by atoms with Gasteiger partial charge in [-0.3, -0.25) is 37.3 Å². The maximum atomic E-state index is 13.1. The van der Waals surface area contributed by atoms with E-state index in [1.165, 1.54) is 244 Å². The van der Waals surface area contributed by atoms with Crippen LogP contribution in [-0.4, -0.2) is 96.7 Å². The van der Waals surface area contributed by atoms with Gasteiger partial charge in [0.15, 0.2) is 12.2 Å². The molecule has 2 unspecified atom stereocenters. The molecule has 0 aliphatic rings. The molecule has 0 saturated heterocycles. The van der Waals surface area contributed by atoms with Crippen molar-refractivity contribution in [3.05, 3.63) is 0 Å². The van der Waals surface area contributed by atoms with Gasteiger partial charge in [-0.25, -0.2) is 9.13 Å². The summed E-state index contributed by atoms with van der Waals surface area (Å²) < 4.78 is 68.6. The number of unbranched alkanes of at least 4 members (excludes halogenated alkanes) is 51. The Morgan fingerprint density at radius 1 is 0.267 bits per heavy atom. The van der Waals surface area contributed by atoms with Crippen molar-refractivity contribution in [1.29, 1.82) is 0 Å². The summed E-state index contributed by atoms with van der Waals surface area (Å²) in [7, 11) is -9.91. The predicted molar refractivity (Wildman–Crippen MR) is 414 cm³/mol. The number of aliphatic hydroxyl groups excluding tert-OH is 1. The first-order valence-electron chi connectivity index (χ1n) is 42.5. The van der Waals surface area contributed by atoms with Crippen LogP contribution < -0.4 is 0 Å². The standard InChI is InChI=1S/C82H160O17P2/c1-7-9-11-13-15-17-19-21-23-25-27-29-31-33-35-37-39-41-43-45-54-60-66-81(86)98-77(70-92-79(84)64-58-52-44-42-40-38-36-34-32-30-28-26-24-22-20-18-16-14-12-10-8-2)72-96-100(88,89)94-68-76(83)69-95-101(90,91)97-73-78(99-82(87)67-61-55-49-47-51-57-63-75(5)6)71-93-80(85)65-59-53-48-46-50-56-62-74(3)4/h74-78,83H,7-73H2,1-6H3,(H,88,89)(H,90,91)/t76-,77-,78-/m1/s1. The Labute approximate surface area is 619 Å².